The zero-order valence-corrected chi connectivity index (χ0v) is 14.5. The van der Waals surface area contributed by atoms with Gasteiger partial charge in [-0.2, -0.15) is 0 Å². The summed E-state index contributed by atoms with van der Waals surface area (Å²) in [5.41, 5.74) is 3.35. The summed E-state index contributed by atoms with van der Waals surface area (Å²) in [7, 11) is 0. The first-order valence-corrected chi connectivity index (χ1v) is 8.50. The minimum absolute atomic E-state index is 0.0366. The molecule has 2 aromatic carbocycles. The van der Waals surface area contributed by atoms with Crippen molar-refractivity contribution in [3.8, 4) is 0 Å². The molecule has 27 heavy (non-hydrogen) atoms. The van der Waals surface area contributed by atoms with E-state index in [1.165, 1.54) is 12.1 Å². The highest BCUT2D eigenvalue weighted by atomic mass is 16.6. The number of carbonyl (C=O) groups excluding carboxylic acids is 2. The lowest BCUT2D eigenvalue weighted by Crippen LogP contribution is -2.37. The van der Waals surface area contributed by atoms with Crippen molar-refractivity contribution in [2.45, 2.75) is 19.3 Å². The van der Waals surface area contributed by atoms with E-state index in [4.69, 9.17) is 4.74 Å². The summed E-state index contributed by atoms with van der Waals surface area (Å²) in [5.74, 6) is -1.05. The fraction of sp³-hybridized carbons (Fsp3) is 0.200. The Morgan fingerprint density at radius 3 is 2.56 bits per heavy atom. The molecular weight excluding hydrogens is 348 g/mol. The zero-order chi connectivity index (χ0) is 19.1. The van der Waals surface area contributed by atoms with Crippen LogP contribution in [0.5, 0.6) is 0 Å². The molecule has 0 N–H and O–H groups in total. The summed E-state index contributed by atoms with van der Waals surface area (Å²) in [5, 5.41) is 10.9. The van der Waals surface area contributed by atoms with Gasteiger partial charge in [0.15, 0.2) is 0 Å². The van der Waals surface area contributed by atoms with Crippen LogP contribution in [0.3, 0.4) is 0 Å². The molecule has 0 fully saturated rings. The van der Waals surface area contributed by atoms with Gasteiger partial charge in [-0.1, -0.05) is 24.3 Å². The standard InChI is InChI=1S/C20H16N2O5/c1-12-3-2-4-15(9-12)21-17-11-27-20(24)19(17)16(10-18(21)23)13-5-7-14(8-6-13)22(25)26/h2-9,16H,10-11H2,1H3/t16-/m1/s1. The first kappa shape index (κ1) is 17.0. The molecule has 4 rings (SSSR count). The van der Waals surface area contributed by atoms with Crippen molar-refractivity contribution in [1.29, 1.82) is 0 Å². The summed E-state index contributed by atoms with van der Waals surface area (Å²) < 4.78 is 5.23. The number of ether oxygens (including phenoxy) is 1. The van der Waals surface area contributed by atoms with Crippen LogP contribution in [-0.4, -0.2) is 23.4 Å². The van der Waals surface area contributed by atoms with Gasteiger partial charge in [-0.05, 0) is 30.2 Å². The van der Waals surface area contributed by atoms with Gasteiger partial charge < -0.3 is 4.74 Å². The van der Waals surface area contributed by atoms with Crippen LogP contribution in [0, 0.1) is 17.0 Å². The van der Waals surface area contributed by atoms with Crippen LogP contribution in [0.4, 0.5) is 11.4 Å². The molecule has 2 aliphatic heterocycles. The number of amides is 1. The monoisotopic (exact) mass is 364 g/mol. The number of aryl methyl sites for hydroxylation is 1. The summed E-state index contributed by atoms with van der Waals surface area (Å²) in [6, 6.07) is 13.5. The third kappa shape index (κ3) is 2.87. The molecule has 136 valence electrons. The highest BCUT2D eigenvalue weighted by molar-refractivity contribution is 6.06. The Balaban J connectivity index is 1.79. The number of carbonyl (C=O) groups is 2. The average Bonchev–Trinajstić information content (AvgIpc) is 3.02. The van der Waals surface area contributed by atoms with Gasteiger partial charge in [0.25, 0.3) is 5.69 Å². The van der Waals surface area contributed by atoms with Gasteiger partial charge in [0.05, 0.1) is 16.2 Å². The van der Waals surface area contributed by atoms with Crippen LogP contribution in [0.25, 0.3) is 0 Å². The number of benzene rings is 2. The van der Waals surface area contributed by atoms with Gasteiger partial charge >= 0.3 is 5.97 Å². The highest BCUT2D eigenvalue weighted by Gasteiger charge is 2.43. The van der Waals surface area contributed by atoms with Gasteiger partial charge in [-0.3, -0.25) is 19.8 Å². The number of cyclic esters (lactones) is 1. The number of esters is 1. The molecule has 0 aromatic heterocycles. The molecule has 0 radical (unpaired) electrons. The lowest BCUT2D eigenvalue weighted by Gasteiger charge is -2.32. The Hall–Kier alpha value is -3.48. The molecule has 0 bridgehead atoms. The van der Waals surface area contributed by atoms with E-state index in [2.05, 4.69) is 0 Å². The molecule has 1 amide bonds. The van der Waals surface area contributed by atoms with Crippen molar-refractivity contribution in [1.82, 2.24) is 0 Å². The maximum atomic E-state index is 12.9. The van der Waals surface area contributed by atoms with E-state index < -0.39 is 16.8 Å². The van der Waals surface area contributed by atoms with Gasteiger partial charge in [-0.25, -0.2) is 4.79 Å². The lowest BCUT2D eigenvalue weighted by atomic mass is 9.84. The fourth-order valence-corrected chi connectivity index (χ4v) is 3.63. The number of rotatable bonds is 3. The van der Waals surface area contributed by atoms with E-state index >= 15 is 0 Å². The Morgan fingerprint density at radius 1 is 1.15 bits per heavy atom. The summed E-state index contributed by atoms with van der Waals surface area (Å²) in [6.45, 7) is 1.97. The number of non-ortho nitro benzene ring substituents is 1. The molecule has 0 aliphatic carbocycles. The molecular formula is C20H16N2O5. The molecule has 0 saturated carbocycles. The van der Waals surface area contributed by atoms with E-state index in [0.29, 0.717) is 22.5 Å². The van der Waals surface area contributed by atoms with Crippen LogP contribution in [0.1, 0.15) is 23.5 Å². The zero-order valence-electron chi connectivity index (χ0n) is 14.5. The number of anilines is 1. The van der Waals surface area contributed by atoms with Crippen LogP contribution in [0.15, 0.2) is 59.8 Å². The molecule has 2 aliphatic rings. The van der Waals surface area contributed by atoms with Gasteiger partial charge in [0, 0.05) is 30.2 Å². The molecule has 7 heteroatoms. The number of nitro groups is 1. The summed E-state index contributed by atoms with van der Waals surface area (Å²) in [6.07, 6.45) is 0.0969. The molecule has 2 heterocycles. The Bertz CT molecular complexity index is 994. The Labute approximate surface area is 155 Å². The van der Waals surface area contributed by atoms with Crippen molar-refractivity contribution in [3.63, 3.8) is 0 Å². The third-order valence-corrected chi connectivity index (χ3v) is 4.88. The average molecular weight is 364 g/mol. The predicted molar refractivity (Wildman–Crippen MR) is 97.1 cm³/mol. The quantitative estimate of drug-likeness (QED) is 0.474. The second-order valence-electron chi connectivity index (χ2n) is 6.61. The minimum atomic E-state index is -0.482. The number of hydrogen-bond acceptors (Lipinski definition) is 5. The van der Waals surface area contributed by atoms with Crippen molar-refractivity contribution in [3.05, 3.63) is 81.0 Å². The van der Waals surface area contributed by atoms with Crippen molar-refractivity contribution < 1.29 is 19.2 Å². The van der Waals surface area contributed by atoms with Crippen LogP contribution in [0.2, 0.25) is 0 Å². The summed E-state index contributed by atoms with van der Waals surface area (Å²) in [4.78, 5) is 37.3. The van der Waals surface area contributed by atoms with Crippen molar-refractivity contribution >= 4 is 23.3 Å². The van der Waals surface area contributed by atoms with E-state index in [9.17, 15) is 19.7 Å². The van der Waals surface area contributed by atoms with E-state index in [0.717, 1.165) is 5.56 Å². The predicted octanol–water partition coefficient (Wildman–Crippen LogP) is 3.23. The van der Waals surface area contributed by atoms with E-state index in [1.807, 2.05) is 31.2 Å². The number of hydrogen-bond donors (Lipinski definition) is 0. The first-order valence-electron chi connectivity index (χ1n) is 8.50. The molecule has 0 saturated heterocycles. The Kier molecular flexibility index (Phi) is 3.99. The smallest absolute Gasteiger partial charge is 0.336 e. The second kappa shape index (κ2) is 6.35. The SMILES string of the molecule is Cc1cccc(N2C(=O)C[C@H](c3ccc([N+](=O)[O-])cc3)C3=C2COC3=O)c1. The van der Waals surface area contributed by atoms with Crippen LogP contribution < -0.4 is 4.90 Å². The second-order valence-corrected chi connectivity index (χ2v) is 6.61. The molecule has 7 nitrogen and oxygen atoms in total. The number of nitrogens with zero attached hydrogens (tertiary/aromatic N) is 2. The van der Waals surface area contributed by atoms with Crippen LogP contribution in [-0.2, 0) is 14.3 Å². The normalized spacial score (nSPS) is 19.1. The fourth-order valence-electron chi connectivity index (χ4n) is 3.63. The van der Waals surface area contributed by atoms with Gasteiger partial charge in [0.2, 0.25) is 5.91 Å². The number of nitro benzene ring substituents is 1. The molecule has 2 aromatic rings. The lowest BCUT2D eigenvalue weighted by molar-refractivity contribution is -0.384. The van der Waals surface area contributed by atoms with Crippen LogP contribution >= 0.6 is 0 Å². The first-order chi connectivity index (χ1) is 13.0. The Morgan fingerprint density at radius 2 is 1.89 bits per heavy atom. The summed E-state index contributed by atoms with van der Waals surface area (Å²) >= 11 is 0. The maximum absolute atomic E-state index is 12.9. The van der Waals surface area contributed by atoms with Crippen molar-refractivity contribution in [2.75, 3.05) is 11.5 Å². The van der Waals surface area contributed by atoms with Gasteiger partial charge in [0.1, 0.15) is 6.61 Å². The highest BCUT2D eigenvalue weighted by Crippen LogP contribution is 2.42. The minimum Gasteiger partial charge on any atom is -0.456 e. The third-order valence-electron chi connectivity index (χ3n) is 4.88. The van der Waals surface area contributed by atoms with Crippen molar-refractivity contribution in [2.24, 2.45) is 0 Å². The molecule has 0 spiro atoms. The molecule has 0 unspecified atom stereocenters. The topological polar surface area (TPSA) is 89.8 Å². The van der Waals surface area contributed by atoms with Gasteiger partial charge in [-0.15, -0.1) is 0 Å². The maximum Gasteiger partial charge on any atom is 0.336 e. The van der Waals surface area contributed by atoms with E-state index in [-0.39, 0.29) is 24.6 Å². The molecule has 1 atom stereocenters. The van der Waals surface area contributed by atoms with E-state index in [1.54, 1.807) is 17.0 Å². The largest absolute Gasteiger partial charge is 0.456 e.